The highest BCUT2D eigenvalue weighted by Crippen LogP contribution is 2.25. The maximum Gasteiger partial charge on any atom is 0.319 e. The monoisotopic (exact) mass is 358 g/mol. The lowest BCUT2D eigenvalue weighted by molar-refractivity contribution is -0.0109. The van der Waals surface area contributed by atoms with Gasteiger partial charge in [-0.25, -0.2) is 4.79 Å². The predicted octanol–water partition coefficient (Wildman–Crippen LogP) is 4.65. The second-order valence-corrected chi connectivity index (χ2v) is 7.03. The molecule has 0 bridgehead atoms. The first kappa shape index (κ1) is 18.8. The van der Waals surface area contributed by atoms with Crippen LogP contribution in [0.25, 0.3) is 0 Å². The molecule has 0 aromatic heterocycles. The summed E-state index contributed by atoms with van der Waals surface area (Å²) in [6.45, 7) is 2.00. The van der Waals surface area contributed by atoms with Gasteiger partial charge >= 0.3 is 6.03 Å². The van der Waals surface area contributed by atoms with Crippen LogP contribution < -0.4 is 15.4 Å². The highest BCUT2D eigenvalue weighted by molar-refractivity contribution is 5.90. The van der Waals surface area contributed by atoms with Crippen LogP contribution in [0.2, 0.25) is 0 Å². The molecule has 1 aliphatic carbocycles. The van der Waals surface area contributed by atoms with Crippen LogP contribution >= 0.6 is 0 Å². The van der Waals surface area contributed by atoms with E-state index in [4.69, 9.17) is 9.47 Å². The highest BCUT2D eigenvalue weighted by atomic mass is 16.5. The molecule has 1 aliphatic heterocycles. The number of urea groups is 1. The van der Waals surface area contributed by atoms with Gasteiger partial charge in [-0.3, -0.25) is 0 Å². The Morgan fingerprint density at radius 2 is 2.12 bits per heavy atom. The van der Waals surface area contributed by atoms with Crippen LogP contribution in [0.5, 0.6) is 5.75 Å². The standard InChI is InChI=1S/C21H30N2O3/c24-21(22-14-13-17-8-2-1-3-9-17)23-19-11-4-5-12-20(19)26-16-18-10-6-7-15-25-18/h4-5,8,11-12,18H,1-3,6-7,9-10,13-16H2,(H2,22,23,24). The molecule has 2 amide bonds. The lowest BCUT2D eigenvalue weighted by atomic mass is 9.97. The van der Waals surface area contributed by atoms with Gasteiger partial charge in [0.05, 0.1) is 11.8 Å². The molecule has 1 saturated heterocycles. The van der Waals surface area contributed by atoms with Crippen LogP contribution in [0.1, 0.15) is 51.4 Å². The fraction of sp³-hybridized carbons (Fsp3) is 0.571. The van der Waals surface area contributed by atoms with Gasteiger partial charge in [-0.1, -0.05) is 23.8 Å². The summed E-state index contributed by atoms with van der Waals surface area (Å²) < 4.78 is 11.6. The fourth-order valence-corrected chi connectivity index (χ4v) is 3.45. The van der Waals surface area contributed by atoms with Crippen molar-refractivity contribution in [1.29, 1.82) is 0 Å². The van der Waals surface area contributed by atoms with Gasteiger partial charge < -0.3 is 20.1 Å². The van der Waals surface area contributed by atoms with E-state index in [-0.39, 0.29) is 12.1 Å². The van der Waals surface area contributed by atoms with E-state index in [2.05, 4.69) is 16.7 Å². The van der Waals surface area contributed by atoms with Gasteiger partial charge in [0.2, 0.25) is 0 Å². The van der Waals surface area contributed by atoms with Crippen LogP contribution in [0, 0.1) is 0 Å². The summed E-state index contributed by atoms with van der Waals surface area (Å²) in [7, 11) is 0. The molecular weight excluding hydrogens is 328 g/mol. The highest BCUT2D eigenvalue weighted by Gasteiger charge is 2.15. The van der Waals surface area contributed by atoms with E-state index in [9.17, 15) is 4.79 Å². The van der Waals surface area contributed by atoms with Crippen LogP contribution in [0.3, 0.4) is 0 Å². The van der Waals surface area contributed by atoms with Crippen LogP contribution in [0.4, 0.5) is 10.5 Å². The molecule has 1 heterocycles. The maximum atomic E-state index is 12.2. The van der Waals surface area contributed by atoms with Crippen molar-refractivity contribution < 1.29 is 14.3 Å². The van der Waals surface area contributed by atoms with Crippen molar-refractivity contribution in [1.82, 2.24) is 5.32 Å². The topological polar surface area (TPSA) is 59.6 Å². The van der Waals surface area contributed by atoms with Crippen molar-refractivity contribution in [3.05, 3.63) is 35.9 Å². The average molecular weight is 358 g/mol. The van der Waals surface area contributed by atoms with Crippen LogP contribution in [-0.2, 0) is 4.74 Å². The average Bonchev–Trinajstić information content (AvgIpc) is 2.69. The van der Waals surface area contributed by atoms with Gasteiger partial charge in [0.1, 0.15) is 12.4 Å². The minimum Gasteiger partial charge on any atom is -0.489 e. The first-order valence-electron chi connectivity index (χ1n) is 9.87. The van der Waals surface area contributed by atoms with E-state index in [1.54, 1.807) is 0 Å². The summed E-state index contributed by atoms with van der Waals surface area (Å²) in [5.74, 6) is 0.687. The van der Waals surface area contributed by atoms with Crippen molar-refractivity contribution in [2.75, 3.05) is 25.1 Å². The summed E-state index contributed by atoms with van der Waals surface area (Å²) in [6, 6.07) is 7.36. The van der Waals surface area contributed by atoms with Gasteiger partial charge in [0.25, 0.3) is 0 Å². The number of nitrogens with one attached hydrogen (secondary N) is 2. The Kier molecular flexibility index (Phi) is 7.37. The lowest BCUT2D eigenvalue weighted by Crippen LogP contribution is -2.30. The summed E-state index contributed by atoms with van der Waals surface area (Å²) in [5, 5.41) is 5.84. The second kappa shape index (κ2) is 10.2. The smallest absolute Gasteiger partial charge is 0.319 e. The molecule has 1 atom stereocenters. The number of rotatable bonds is 7. The zero-order valence-electron chi connectivity index (χ0n) is 15.5. The minimum atomic E-state index is -0.189. The number of anilines is 1. The van der Waals surface area contributed by atoms with E-state index in [1.165, 1.54) is 37.7 Å². The molecule has 1 fully saturated rings. The Morgan fingerprint density at radius 3 is 2.92 bits per heavy atom. The lowest BCUT2D eigenvalue weighted by Gasteiger charge is -2.23. The predicted molar refractivity (Wildman–Crippen MR) is 104 cm³/mol. The van der Waals surface area contributed by atoms with Crippen molar-refractivity contribution in [3.63, 3.8) is 0 Å². The third-order valence-corrected chi connectivity index (χ3v) is 4.95. The van der Waals surface area contributed by atoms with Gasteiger partial charge in [-0.15, -0.1) is 0 Å². The van der Waals surface area contributed by atoms with Gasteiger partial charge in [0.15, 0.2) is 0 Å². The number of hydrogen-bond donors (Lipinski definition) is 2. The first-order valence-corrected chi connectivity index (χ1v) is 9.87. The molecule has 5 nitrogen and oxygen atoms in total. The Bertz CT molecular complexity index is 609. The Labute approximate surface area is 156 Å². The molecule has 3 rings (SSSR count). The van der Waals surface area contributed by atoms with E-state index in [0.717, 1.165) is 25.9 Å². The Balaban J connectivity index is 1.44. The second-order valence-electron chi connectivity index (χ2n) is 7.03. The normalized spacial score (nSPS) is 20.2. The molecule has 0 spiro atoms. The summed E-state index contributed by atoms with van der Waals surface area (Å²) in [5.41, 5.74) is 2.16. The SMILES string of the molecule is O=C(NCCC1=CCCCC1)Nc1ccccc1OCC1CCCCO1. The molecule has 2 aliphatic rings. The third-order valence-electron chi connectivity index (χ3n) is 4.95. The number of amides is 2. The van der Waals surface area contributed by atoms with Crippen molar-refractivity contribution >= 4 is 11.7 Å². The number of benzene rings is 1. The quantitative estimate of drug-likeness (QED) is 0.698. The summed E-state index contributed by atoms with van der Waals surface area (Å²) in [4.78, 5) is 12.2. The number of carbonyl (C=O) groups is 1. The van der Waals surface area contributed by atoms with E-state index >= 15 is 0 Å². The fourth-order valence-electron chi connectivity index (χ4n) is 3.45. The van der Waals surface area contributed by atoms with Gasteiger partial charge in [-0.05, 0) is 63.5 Å². The van der Waals surface area contributed by atoms with E-state index in [0.29, 0.717) is 24.6 Å². The number of hydrogen-bond acceptors (Lipinski definition) is 3. The Hall–Kier alpha value is -2.01. The van der Waals surface area contributed by atoms with Gasteiger partial charge in [0, 0.05) is 13.2 Å². The minimum absolute atomic E-state index is 0.148. The van der Waals surface area contributed by atoms with Crippen molar-refractivity contribution in [3.8, 4) is 5.75 Å². The molecule has 0 saturated carbocycles. The molecule has 1 aromatic carbocycles. The zero-order valence-corrected chi connectivity index (χ0v) is 15.5. The molecule has 0 radical (unpaired) electrons. The van der Waals surface area contributed by atoms with E-state index in [1.807, 2.05) is 24.3 Å². The molecular formula is C21H30N2O3. The maximum absolute atomic E-state index is 12.2. The van der Waals surface area contributed by atoms with Crippen molar-refractivity contribution in [2.24, 2.45) is 0 Å². The zero-order chi connectivity index (χ0) is 18.0. The molecule has 5 heteroatoms. The largest absolute Gasteiger partial charge is 0.489 e. The van der Waals surface area contributed by atoms with Gasteiger partial charge in [-0.2, -0.15) is 0 Å². The number of allylic oxidation sites excluding steroid dienone is 1. The molecule has 142 valence electrons. The molecule has 26 heavy (non-hydrogen) atoms. The van der Waals surface area contributed by atoms with E-state index < -0.39 is 0 Å². The number of carbonyl (C=O) groups excluding carboxylic acids is 1. The number of ether oxygens (including phenoxy) is 2. The molecule has 2 N–H and O–H groups in total. The summed E-state index contributed by atoms with van der Waals surface area (Å²) in [6.07, 6.45) is 11.7. The molecule has 1 aromatic rings. The number of para-hydroxylation sites is 2. The summed E-state index contributed by atoms with van der Waals surface area (Å²) >= 11 is 0. The Morgan fingerprint density at radius 1 is 1.19 bits per heavy atom. The molecule has 1 unspecified atom stereocenters. The van der Waals surface area contributed by atoms with Crippen LogP contribution in [0.15, 0.2) is 35.9 Å². The first-order chi connectivity index (χ1) is 12.8. The van der Waals surface area contributed by atoms with Crippen LogP contribution in [-0.4, -0.2) is 31.9 Å². The van der Waals surface area contributed by atoms with Crippen molar-refractivity contribution in [2.45, 2.75) is 57.5 Å². The third kappa shape index (κ3) is 6.06.